The molecule has 1 heterocycles. The fourth-order valence-electron chi connectivity index (χ4n) is 0.626. The summed E-state index contributed by atoms with van der Waals surface area (Å²) in [6.45, 7) is 3.15. The maximum absolute atomic E-state index is 10.7. The molecular weight excluding hydrogens is 132 g/mol. The first-order valence-corrected chi connectivity index (χ1v) is 3.60. The lowest BCUT2D eigenvalue weighted by atomic mass is 10.3. The van der Waals surface area contributed by atoms with Crippen LogP contribution in [0, 0.1) is 0 Å². The molecule has 0 amide bonds. The van der Waals surface area contributed by atoms with E-state index in [1.165, 1.54) is 0 Å². The van der Waals surface area contributed by atoms with E-state index in [4.69, 9.17) is 9.47 Å². The fourth-order valence-corrected chi connectivity index (χ4v) is 0.626. The zero-order valence-electron chi connectivity index (χ0n) is 6.13. The van der Waals surface area contributed by atoms with Gasteiger partial charge < -0.3 is 9.47 Å². The molecule has 0 spiro atoms. The van der Waals surface area contributed by atoms with E-state index in [0.29, 0.717) is 13.0 Å². The summed E-state index contributed by atoms with van der Waals surface area (Å²) >= 11 is 0. The molecule has 1 saturated heterocycles. The van der Waals surface area contributed by atoms with E-state index in [2.05, 4.69) is 0 Å². The van der Waals surface area contributed by atoms with Crippen LogP contribution in [-0.2, 0) is 14.3 Å². The van der Waals surface area contributed by atoms with Crippen molar-refractivity contribution in [2.45, 2.75) is 25.9 Å². The molecule has 10 heavy (non-hydrogen) atoms. The van der Waals surface area contributed by atoms with E-state index in [1.54, 1.807) is 0 Å². The number of hydrogen-bond donors (Lipinski definition) is 0. The van der Waals surface area contributed by atoms with Gasteiger partial charge in [0.25, 0.3) is 0 Å². The minimum absolute atomic E-state index is 0.113. The van der Waals surface area contributed by atoms with Crippen LogP contribution >= 0.6 is 0 Å². The molecule has 0 N–H and O–H groups in total. The number of epoxide rings is 1. The Labute approximate surface area is 60.3 Å². The maximum atomic E-state index is 10.7. The Morgan fingerprint density at radius 3 is 3.00 bits per heavy atom. The highest BCUT2D eigenvalue weighted by Crippen LogP contribution is 2.08. The average molecular weight is 144 g/mol. The third-order valence-corrected chi connectivity index (χ3v) is 1.29. The van der Waals surface area contributed by atoms with Crippen molar-refractivity contribution in [3.8, 4) is 0 Å². The molecule has 1 rings (SSSR count). The van der Waals surface area contributed by atoms with E-state index in [0.717, 1.165) is 13.0 Å². The molecule has 0 aliphatic carbocycles. The fraction of sp³-hybridized carbons (Fsp3) is 0.857. The SMILES string of the molecule is CCCC(=O)OCC1CO1. The molecule has 0 radical (unpaired) electrons. The van der Waals surface area contributed by atoms with Crippen LogP contribution in [0.4, 0.5) is 0 Å². The van der Waals surface area contributed by atoms with Crippen LogP contribution in [-0.4, -0.2) is 25.3 Å². The third kappa shape index (κ3) is 2.82. The van der Waals surface area contributed by atoms with Gasteiger partial charge in [-0.2, -0.15) is 0 Å². The van der Waals surface area contributed by atoms with Gasteiger partial charge in [-0.25, -0.2) is 0 Å². The van der Waals surface area contributed by atoms with Crippen LogP contribution < -0.4 is 0 Å². The zero-order valence-corrected chi connectivity index (χ0v) is 6.13. The molecule has 1 aliphatic heterocycles. The van der Waals surface area contributed by atoms with Crippen molar-refractivity contribution in [1.82, 2.24) is 0 Å². The van der Waals surface area contributed by atoms with Crippen LogP contribution in [0.2, 0.25) is 0 Å². The van der Waals surface area contributed by atoms with Gasteiger partial charge in [0.05, 0.1) is 6.61 Å². The van der Waals surface area contributed by atoms with Crippen LogP contribution in [0.3, 0.4) is 0 Å². The summed E-state index contributed by atoms with van der Waals surface area (Å²) < 4.78 is 9.70. The number of hydrogen-bond acceptors (Lipinski definition) is 3. The zero-order chi connectivity index (χ0) is 7.40. The molecule has 0 aromatic heterocycles. The Morgan fingerprint density at radius 1 is 1.80 bits per heavy atom. The number of ether oxygens (including phenoxy) is 2. The molecule has 0 aromatic carbocycles. The molecule has 0 bridgehead atoms. The predicted molar refractivity (Wildman–Crippen MR) is 35.6 cm³/mol. The summed E-state index contributed by atoms with van der Waals surface area (Å²) in [6.07, 6.45) is 1.57. The molecule has 1 atom stereocenters. The van der Waals surface area contributed by atoms with Crippen molar-refractivity contribution in [2.24, 2.45) is 0 Å². The Kier molecular flexibility index (Phi) is 2.68. The number of rotatable bonds is 4. The predicted octanol–water partition coefficient (Wildman–Crippen LogP) is 0.729. The second-order valence-corrected chi connectivity index (χ2v) is 2.39. The number of carbonyl (C=O) groups is 1. The Bertz CT molecular complexity index is 118. The highest BCUT2D eigenvalue weighted by atomic mass is 16.6. The van der Waals surface area contributed by atoms with Gasteiger partial charge in [-0.1, -0.05) is 6.92 Å². The minimum atomic E-state index is -0.113. The van der Waals surface area contributed by atoms with E-state index >= 15 is 0 Å². The summed E-state index contributed by atoms with van der Waals surface area (Å²) in [5.74, 6) is -0.113. The number of esters is 1. The molecule has 1 aliphatic rings. The highest BCUT2D eigenvalue weighted by molar-refractivity contribution is 5.69. The van der Waals surface area contributed by atoms with E-state index in [-0.39, 0.29) is 12.1 Å². The summed E-state index contributed by atoms with van der Waals surface area (Å²) in [5, 5.41) is 0. The maximum Gasteiger partial charge on any atom is 0.305 e. The second-order valence-electron chi connectivity index (χ2n) is 2.39. The van der Waals surface area contributed by atoms with Crippen molar-refractivity contribution >= 4 is 5.97 Å². The molecule has 1 unspecified atom stereocenters. The van der Waals surface area contributed by atoms with Crippen LogP contribution in [0.15, 0.2) is 0 Å². The van der Waals surface area contributed by atoms with Gasteiger partial charge in [-0.05, 0) is 6.42 Å². The topological polar surface area (TPSA) is 38.8 Å². The molecule has 58 valence electrons. The van der Waals surface area contributed by atoms with Crippen LogP contribution in [0.5, 0.6) is 0 Å². The van der Waals surface area contributed by atoms with Crippen molar-refractivity contribution < 1.29 is 14.3 Å². The monoisotopic (exact) mass is 144 g/mol. The largest absolute Gasteiger partial charge is 0.463 e. The molecule has 0 saturated carbocycles. The smallest absolute Gasteiger partial charge is 0.305 e. The van der Waals surface area contributed by atoms with Gasteiger partial charge in [0.1, 0.15) is 12.7 Å². The molecule has 1 fully saturated rings. The van der Waals surface area contributed by atoms with Gasteiger partial charge >= 0.3 is 5.97 Å². The summed E-state index contributed by atoms with van der Waals surface area (Å²) in [4.78, 5) is 10.7. The Balaban J connectivity index is 1.94. The lowest BCUT2D eigenvalue weighted by Gasteiger charge is -1.99. The first kappa shape index (κ1) is 7.54. The summed E-state index contributed by atoms with van der Waals surface area (Å²) in [7, 11) is 0. The third-order valence-electron chi connectivity index (χ3n) is 1.29. The first-order valence-electron chi connectivity index (χ1n) is 3.60. The minimum Gasteiger partial charge on any atom is -0.463 e. The van der Waals surface area contributed by atoms with Crippen molar-refractivity contribution in [2.75, 3.05) is 13.2 Å². The van der Waals surface area contributed by atoms with Crippen molar-refractivity contribution in [3.63, 3.8) is 0 Å². The normalized spacial score (nSPS) is 22.3. The molecule has 0 aromatic rings. The van der Waals surface area contributed by atoms with Crippen molar-refractivity contribution in [1.29, 1.82) is 0 Å². The van der Waals surface area contributed by atoms with Crippen molar-refractivity contribution in [3.05, 3.63) is 0 Å². The van der Waals surface area contributed by atoms with E-state index in [1.807, 2.05) is 6.92 Å². The standard InChI is InChI=1S/C7H12O3/c1-2-3-7(8)10-5-6-4-9-6/h6H,2-5H2,1H3. The first-order chi connectivity index (χ1) is 4.83. The van der Waals surface area contributed by atoms with Crippen LogP contribution in [0.25, 0.3) is 0 Å². The molecule has 3 nitrogen and oxygen atoms in total. The Morgan fingerprint density at radius 2 is 2.50 bits per heavy atom. The molecule has 3 heteroatoms. The van der Waals surface area contributed by atoms with Gasteiger partial charge in [-0.3, -0.25) is 4.79 Å². The van der Waals surface area contributed by atoms with E-state index in [9.17, 15) is 4.79 Å². The van der Waals surface area contributed by atoms with Gasteiger partial charge in [0.2, 0.25) is 0 Å². The van der Waals surface area contributed by atoms with Gasteiger partial charge in [0.15, 0.2) is 0 Å². The lowest BCUT2D eigenvalue weighted by molar-refractivity contribution is -0.144. The highest BCUT2D eigenvalue weighted by Gasteiger charge is 2.23. The van der Waals surface area contributed by atoms with Gasteiger partial charge in [-0.15, -0.1) is 0 Å². The number of carbonyl (C=O) groups excluding carboxylic acids is 1. The quantitative estimate of drug-likeness (QED) is 0.431. The average Bonchev–Trinajstić information content (AvgIpc) is 2.67. The van der Waals surface area contributed by atoms with Crippen LogP contribution in [0.1, 0.15) is 19.8 Å². The Hall–Kier alpha value is -0.570. The lowest BCUT2D eigenvalue weighted by Crippen LogP contribution is -2.08. The summed E-state index contributed by atoms with van der Waals surface area (Å²) in [5.41, 5.74) is 0. The molecular formula is C7H12O3. The van der Waals surface area contributed by atoms with E-state index < -0.39 is 0 Å². The second kappa shape index (κ2) is 3.56. The summed E-state index contributed by atoms with van der Waals surface area (Å²) in [6, 6.07) is 0. The van der Waals surface area contributed by atoms with Gasteiger partial charge in [0, 0.05) is 6.42 Å².